The van der Waals surface area contributed by atoms with Gasteiger partial charge >= 0.3 is 0 Å². The van der Waals surface area contributed by atoms with Crippen LogP contribution in [0.5, 0.6) is 5.75 Å². The highest BCUT2D eigenvalue weighted by Gasteiger charge is 2.27. The van der Waals surface area contributed by atoms with Gasteiger partial charge in [-0.15, -0.1) is 0 Å². The molecule has 2 aromatic heterocycles. The van der Waals surface area contributed by atoms with E-state index in [2.05, 4.69) is 83.4 Å². The van der Waals surface area contributed by atoms with Crippen molar-refractivity contribution in [3.63, 3.8) is 0 Å². The van der Waals surface area contributed by atoms with Gasteiger partial charge in [0.05, 0.1) is 23.8 Å². The highest BCUT2D eigenvalue weighted by molar-refractivity contribution is 6.21. The smallest absolute Gasteiger partial charge is 0.143 e. The van der Waals surface area contributed by atoms with Crippen LogP contribution in [-0.4, -0.2) is 11.7 Å². The highest BCUT2D eigenvalue weighted by atomic mass is 16.5. The van der Waals surface area contributed by atoms with Crippen molar-refractivity contribution in [3.05, 3.63) is 97.1 Å². The molecule has 0 spiro atoms. The largest absolute Gasteiger partial charge is 0.497 e. The third-order valence-electron chi connectivity index (χ3n) is 7.25. The molecule has 3 heterocycles. The van der Waals surface area contributed by atoms with Crippen molar-refractivity contribution in [1.82, 2.24) is 4.57 Å². The fraction of sp³-hybridized carbons (Fsp3) is 0.0323. The molecule has 0 aliphatic carbocycles. The number of hydrogen-bond donors (Lipinski definition) is 0. The van der Waals surface area contributed by atoms with Gasteiger partial charge in [0, 0.05) is 38.2 Å². The molecule has 0 bridgehead atoms. The number of methoxy groups -OCH3 is 1. The van der Waals surface area contributed by atoms with Crippen LogP contribution in [0.3, 0.4) is 0 Å². The molecule has 1 aliphatic heterocycles. The maximum Gasteiger partial charge on any atom is 0.143 e. The van der Waals surface area contributed by atoms with E-state index >= 15 is 0 Å². The number of benzene rings is 5. The molecule has 0 saturated carbocycles. The van der Waals surface area contributed by atoms with Crippen molar-refractivity contribution in [2.24, 2.45) is 0 Å². The Morgan fingerprint density at radius 3 is 2.38 bits per heavy atom. The molecule has 0 unspecified atom stereocenters. The maximum atomic E-state index is 6.56. The number of hydrogen-bond acceptors (Lipinski definition) is 2. The quantitative estimate of drug-likeness (QED) is 0.258. The van der Waals surface area contributed by atoms with Crippen LogP contribution in [0.1, 0.15) is 0 Å². The summed E-state index contributed by atoms with van der Waals surface area (Å²) in [6.45, 7) is 0. The van der Waals surface area contributed by atoms with Crippen molar-refractivity contribution in [2.45, 2.75) is 0 Å². The van der Waals surface area contributed by atoms with E-state index in [1.54, 1.807) is 7.11 Å². The number of furan rings is 1. The molecule has 8 rings (SSSR count). The predicted octanol–water partition coefficient (Wildman–Crippen LogP) is 8.34. The molecule has 3 heteroatoms. The second-order valence-electron chi connectivity index (χ2n) is 8.90. The van der Waals surface area contributed by atoms with Gasteiger partial charge in [0.15, 0.2) is 0 Å². The zero-order valence-corrected chi connectivity index (χ0v) is 18.5. The second kappa shape index (κ2) is 6.30. The fourth-order valence-electron chi connectivity index (χ4n) is 5.80. The number of para-hydroxylation sites is 3. The van der Waals surface area contributed by atoms with E-state index in [0.29, 0.717) is 0 Å². The van der Waals surface area contributed by atoms with Gasteiger partial charge < -0.3 is 13.7 Å². The Kier molecular flexibility index (Phi) is 3.33. The summed E-state index contributed by atoms with van der Waals surface area (Å²) in [5.74, 6) is 0.841. The van der Waals surface area contributed by atoms with Crippen molar-refractivity contribution in [3.8, 4) is 33.7 Å². The fourth-order valence-corrected chi connectivity index (χ4v) is 5.80. The summed E-state index contributed by atoms with van der Waals surface area (Å²) in [7, 11) is 1.72. The summed E-state index contributed by atoms with van der Waals surface area (Å²) in [4.78, 5) is 0. The van der Waals surface area contributed by atoms with Crippen LogP contribution in [0.25, 0.3) is 71.7 Å². The maximum absolute atomic E-state index is 6.56. The molecule has 0 atom stereocenters. The summed E-state index contributed by atoms with van der Waals surface area (Å²) >= 11 is 0. The van der Waals surface area contributed by atoms with E-state index in [9.17, 15) is 0 Å². The summed E-state index contributed by atoms with van der Waals surface area (Å²) in [5.41, 5.74) is 10.0. The number of rotatable bonds is 1. The van der Waals surface area contributed by atoms with Crippen molar-refractivity contribution in [1.29, 1.82) is 0 Å². The zero-order valence-electron chi connectivity index (χ0n) is 18.5. The lowest BCUT2D eigenvalue weighted by molar-refractivity contribution is 0.415. The SMILES string of the molecule is COc1ccc2c(c1)-c1ccc3c(oc4ccccc43)c1-c1cccc3c4ccccc4n-2c13. The summed E-state index contributed by atoms with van der Waals surface area (Å²) in [5, 5.41) is 4.78. The van der Waals surface area contributed by atoms with E-state index in [0.717, 1.165) is 50.1 Å². The van der Waals surface area contributed by atoms with Crippen LogP contribution in [0.2, 0.25) is 0 Å². The van der Waals surface area contributed by atoms with Gasteiger partial charge in [0.25, 0.3) is 0 Å². The Morgan fingerprint density at radius 2 is 1.47 bits per heavy atom. The first-order chi connectivity index (χ1) is 16.8. The van der Waals surface area contributed by atoms with Gasteiger partial charge in [-0.05, 0) is 42.0 Å². The van der Waals surface area contributed by atoms with Crippen molar-refractivity contribution >= 4 is 43.7 Å². The van der Waals surface area contributed by atoms with Gasteiger partial charge in [-0.1, -0.05) is 60.7 Å². The molecule has 0 saturated heterocycles. The first-order valence-electron chi connectivity index (χ1n) is 11.5. The molecule has 0 N–H and O–H groups in total. The lowest BCUT2D eigenvalue weighted by atomic mass is 9.91. The lowest BCUT2D eigenvalue weighted by Crippen LogP contribution is -1.96. The Hall–Kier alpha value is -4.50. The predicted molar refractivity (Wildman–Crippen MR) is 139 cm³/mol. The molecular formula is C31H19NO2. The monoisotopic (exact) mass is 437 g/mol. The molecule has 5 aromatic carbocycles. The normalized spacial score (nSPS) is 12.3. The topological polar surface area (TPSA) is 27.3 Å². The standard InChI is InChI=1S/C31H19NO2/c1-33-18-13-16-27-25(17-18)21-14-15-23-20-8-3-5-12-28(20)34-31(23)29(21)24-10-6-9-22-19-7-2-4-11-26(19)32(27)30(22)24/h2-17H,1H3. The van der Waals surface area contributed by atoms with Crippen LogP contribution in [0.4, 0.5) is 0 Å². The molecule has 160 valence electrons. The molecule has 0 radical (unpaired) electrons. The summed E-state index contributed by atoms with van der Waals surface area (Å²) in [6, 6.07) is 34.4. The minimum atomic E-state index is 0.841. The summed E-state index contributed by atoms with van der Waals surface area (Å²) in [6.07, 6.45) is 0. The van der Waals surface area contributed by atoms with E-state index in [1.807, 2.05) is 18.2 Å². The lowest BCUT2D eigenvalue weighted by Gasteiger charge is -2.14. The van der Waals surface area contributed by atoms with Crippen LogP contribution < -0.4 is 4.74 Å². The van der Waals surface area contributed by atoms with Gasteiger partial charge in [-0.25, -0.2) is 0 Å². The molecule has 3 nitrogen and oxygen atoms in total. The first kappa shape index (κ1) is 18.0. The Bertz CT molecular complexity index is 1950. The summed E-state index contributed by atoms with van der Waals surface area (Å²) < 4.78 is 14.6. The molecule has 0 fully saturated rings. The molecule has 0 amide bonds. The van der Waals surface area contributed by atoms with Crippen molar-refractivity contribution < 1.29 is 9.15 Å². The molecule has 7 aromatic rings. The third-order valence-corrected chi connectivity index (χ3v) is 7.25. The molecular weight excluding hydrogens is 418 g/mol. The Balaban J connectivity index is 1.68. The van der Waals surface area contributed by atoms with E-state index in [-0.39, 0.29) is 0 Å². The zero-order chi connectivity index (χ0) is 22.4. The number of aromatic nitrogens is 1. The first-order valence-corrected chi connectivity index (χ1v) is 11.5. The van der Waals surface area contributed by atoms with Gasteiger partial charge in [-0.3, -0.25) is 0 Å². The second-order valence-corrected chi connectivity index (χ2v) is 8.90. The Labute approximate surface area is 195 Å². The molecule has 34 heavy (non-hydrogen) atoms. The van der Waals surface area contributed by atoms with Gasteiger partial charge in [-0.2, -0.15) is 0 Å². The number of nitrogens with zero attached hydrogens (tertiary/aromatic N) is 1. The van der Waals surface area contributed by atoms with E-state index in [4.69, 9.17) is 9.15 Å². The minimum absolute atomic E-state index is 0.841. The van der Waals surface area contributed by atoms with Crippen LogP contribution >= 0.6 is 0 Å². The van der Waals surface area contributed by atoms with Crippen molar-refractivity contribution in [2.75, 3.05) is 7.11 Å². The number of fused-ring (bicyclic) bond motifs is 12. The van der Waals surface area contributed by atoms with Crippen LogP contribution in [0.15, 0.2) is 101 Å². The average Bonchev–Trinajstić information content (AvgIpc) is 3.40. The average molecular weight is 437 g/mol. The molecule has 1 aliphatic rings. The van der Waals surface area contributed by atoms with Gasteiger partial charge in [0.1, 0.15) is 16.9 Å². The van der Waals surface area contributed by atoms with E-state index < -0.39 is 0 Å². The van der Waals surface area contributed by atoms with Crippen LogP contribution in [-0.2, 0) is 0 Å². The number of ether oxygens (including phenoxy) is 1. The van der Waals surface area contributed by atoms with Gasteiger partial charge in [0.2, 0.25) is 0 Å². The highest BCUT2D eigenvalue weighted by Crippen LogP contribution is 2.50. The van der Waals surface area contributed by atoms with E-state index in [1.165, 1.54) is 27.4 Å². The third kappa shape index (κ3) is 2.12. The minimum Gasteiger partial charge on any atom is -0.497 e. The Morgan fingerprint density at radius 1 is 0.647 bits per heavy atom. The van der Waals surface area contributed by atoms with Crippen LogP contribution in [0, 0.1) is 0 Å².